The largest absolute Gasteiger partial charge is 0.474 e. The predicted octanol–water partition coefficient (Wildman–Crippen LogP) is 4.18. The third kappa shape index (κ3) is 6.74. The summed E-state index contributed by atoms with van der Waals surface area (Å²) in [5.41, 5.74) is -0.229. The lowest BCUT2D eigenvalue weighted by Crippen LogP contribution is -2.38. The lowest BCUT2D eigenvalue weighted by Gasteiger charge is -2.33. The Labute approximate surface area is 133 Å². The van der Waals surface area contributed by atoms with Crippen molar-refractivity contribution in [2.24, 2.45) is 0 Å². The van der Waals surface area contributed by atoms with Gasteiger partial charge in [0.05, 0.1) is 17.8 Å². The fraction of sp³-hybridized carbons (Fsp3) is 0.933. The van der Waals surface area contributed by atoms with E-state index < -0.39 is 0 Å². The molecule has 1 rings (SSSR count). The summed E-state index contributed by atoms with van der Waals surface area (Å²) in [4.78, 5) is 0. The van der Waals surface area contributed by atoms with Crippen LogP contribution in [-0.4, -0.2) is 40.7 Å². The molecule has 118 valence electrons. The van der Waals surface area contributed by atoms with Crippen LogP contribution in [0.15, 0.2) is 0 Å². The van der Waals surface area contributed by atoms with Gasteiger partial charge in [0.1, 0.15) is 6.10 Å². The first-order chi connectivity index (χ1) is 9.34. The molecule has 0 bridgehead atoms. The number of rotatable bonds is 9. The Morgan fingerprint density at radius 1 is 1.40 bits per heavy atom. The van der Waals surface area contributed by atoms with Gasteiger partial charge in [-0.1, -0.05) is 25.1 Å². The maximum absolute atomic E-state index is 6.17. The molecule has 3 unspecified atom stereocenters. The van der Waals surface area contributed by atoms with E-state index in [0.717, 1.165) is 31.6 Å². The van der Waals surface area contributed by atoms with Gasteiger partial charge in [0.25, 0.3) is 0 Å². The van der Waals surface area contributed by atoms with E-state index in [1.807, 2.05) is 0 Å². The minimum Gasteiger partial charge on any atom is -0.474 e. The fourth-order valence-corrected chi connectivity index (χ4v) is 3.26. The Morgan fingerprint density at radius 2 is 2.10 bits per heavy atom. The van der Waals surface area contributed by atoms with Crippen LogP contribution in [0.1, 0.15) is 53.9 Å². The first-order valence-electron chi connectivity index (χ1n) is 7.47. The Morgan fingerprint density at radius 3 is 2.65 bits per heavy atom. The highest BCUT2D eigenvalue weighted by Crippen LogP contribution is 2.29. The number of unbranched alkanes of at least 4 members (excludes halogenated alkanes) is 1. The minimum absolute atomic E-state index is 0.0721. The average molecular weight is 321 g/mol. The smallest absolute Gasteiger partial charge is 0.220 e. The molecule has 0 amide bonds. The SMILES string of the molecule is CCCCOC(C)C(C)OC(C)(C)CC1CSC(=S)O1. The highest BCUT2D eigenvalue weighted by atomic mass is 32.2. The van der Waals surface area contributed by atoms with Gasteiger partial charge in [-0.2, -0.15) is 0 Å². The van der Waals surface area contributed by atoms with Crippen molar-refractivity contribution in [3.63, 3.8) is 0 Å². The van der Waals surface area contributed by atoms with Crippen LogP contribution < -0.4 is 0 Å². The number of thioether (sulfide) groups is 1. The van der Waals surface area contributed by atoms with Crippen molar-refractivity contribution in [3.8, 4) is 0 Å². The van der Waals surface area contributed by atoms with Crippen LogP contribution in [0.4, 0.5) is 0 Å². The highest BCUT2D eigenvalue weighted by Gasteiger charge is 2.32. The normalized spacial score (nSPS) is 22.6. The zero-order valence-corrected chi connectivity index (χ0v) is 14.9. The van der Waals surface area contributed by atoms with Crippen molar-refractivity contribution >= 4 is 28.4 Å². The number of ether oxygens (including phenoxy) is 3. The van der Waals surface area contributed by atoms with Gasteiger partial charge in [-0.25, -0.2) is 0 Å². The van der Waals surface area contributed by atoms with Crippen LogP contribution in [0.2, 0.25) is 0 Å². The maximum atomic E-state index is 6.17. The zero-order chi connectivity index (χ0) is 15.2. The molecule has 3 atom stereocenters. The van der Waals surface area contributed by atoms with Gasteiger partial charge in [0, 0.05) is 18.8 Å². The molecule has 1 aliphatic heterocycles. The third-order valence-electron chi connectivity index (χ3n) is 3.41. The molecule has 1 saturated heterocycles. The zero-order valence-electron chi connectivity index (χ0n) is 13.3. The van der Waals surface area contributed by atoms with Gasteiger partial charge in [-0.05, 0) is 46.3 Å². The Balaban J connectivity index is 2.34. The number of hydrogen-bond donors (Lipinski definition) is 0. The third-order valence-corrected chi connectivity index (χ3v) is 4.73. The predicted molar refractivity (Wildman–Crippen MR) is 89.5 cm³/mol. The van der Waals surface area contributed by atoms with Gasteiger partial charge in [-0.15, -0.1) is 0 Å². The van der Waals surface area contributed by atoms with Gasteiger partial charge in [-0.3, -0.25) is 0 Å². The van der Waals surface area contributed by atoms with E-state index in [1.165, 1.54) is 0 Å². The molecule has 0 aromatic carbocycles. The van der Waals surface area contributed by atoms with Crippen LogP contribution in [0.3, 0.4) is 0 Å². The second-order valence-electron chi connectivity index (χ2n) is 6.02. The Bertz CT molecular complexity index is 307. The second-order valence-corrected chi connectivity index (χ2v) is 7.64. The summed E-state index contributed by atoms with van der Waals surface area (Å²) < 4.78 is 18.2. The monoisotopic (exact) mass is 320 g/mol. The standard InChI is InChI=1S/C15H28O3S2/c1-6-7-8-16-11(2)12(3)18-15(4,5)9-13-10-20-14(19)17-13/h11-13H,6-10H2,1-5H3. The molecule has 20 heavy (non-hydrogen) atoms. The topological polar surface area (TPSA) is 27.7 Å². The Kier molecular flexibility index (Phi) is 7.80. The minimum atomic E-state index is -0.229. The summed E-state index contributed by atoms with van der Waals surface area (Å²) >= 11 is 6.67. The summed E-state index contributed by atoms with van der Waals surface area (Å²) in [5, 5.41) is 0. The van der Waals surface area contributed by atoms with Crippen molar-refractivity contribution in [1.29, 1.82) is 0 Å². The second kappa shape index (κ2) is 8.57. The number of thiocarbonyl (C=S) groups is 1. The van der Waals surface area contributed by atoms with Gasteiger partial charge in [0.15, 0.2) is 0 Å². The maximum Gasteiger partial charge on any atom is 0.220 e. The first-order valence-corrected chi connectivity index (χ1v) is 8.86. The van der Waals surface area contributed by atoms with E-state index in [2.05, 4.69) is 34.6 Å². The van der Waals surface area contributed by atoms with Crippen molar-refractivity contribution in [2.45, 2.75) is 77.8 Å². The fourth-order valence-electron chi connectivity index (χ4n) is 2.21. The van der Waals surface area contributed by atoms with E-state index in [1.54, 1.807) is 11.8 Å². The molecule has 0 aliphatic carbocycles. The van der Waals surface area contributed by atoms with Crippen molar-refractivity contribution in [3.05, 3.63) is 0 Å². The lowest BCUT2D eigenvalue weighted by atomic mass is 10.0. The van der Waals surface area contributed by atoms with E-state index >= 15 is 0 Å². The molecule has 0 aromatic heterocycles. The summed E-state index contributed by atoms with van der Waals surface area (Å²) in [6, 6.07) is 0. The summed E-state index contributed by atoms with van der Waals surface area (Å²) in [5.74, 6) is 0.933. The summed E-state index contributed by atoms with van der Waals surface area (Å²) in [7, 11) is 0. The van der Waals surface area contributed by atoms with Crippen LogP contribution in [0.25, 0.3) is 0 Å². The van der Waals surface area contributed by atoms with E-state index in [9.17, 15) is 0 Å². The molecule has 1 fully saturated rings. The molecule has 5 heteroatoms. The first kappa shape index (κ1) is 18.2. The van der Waals surface area contributed by atoms with Crippen LogP contribution in [0, 0.1) is 0 Å². The van der Waals surface area contributed by atoms with Gasteiger partial charge in [0.2, 0.25) is 4.38 Å². The lowest BCUT2D eigenvalue weighted by molar-refractivity contribution is -0.132. The van der Waals surface area contributed by atoms with E-state index in [4.69, 9.17) is 26.4 Å². The average Bonchev–Trinajstić information content (AvgIpc) is 2.73. The molecular weight excluding hydrogens is 292 g/mol. The van der Waals surface area contributed by atoms with Crippen LogP contribution in [0.5, 0.6) is 0 Å². The van der Waals surface area contributed by atoms with E-state index in [0.29, 0.717) is 4.38 Å². The molecular formula is C15H28O3S2. The summed E-state index contributed by atoms with van der Waals surface area (Å²) in [6.07, 6.45) is 3.47. The van der Waals surface area contributed by atoms with Gasteiger partial charge >= 0.3 is 0 Å². The molecule has 0 N–H and O–H groups in total. The molecule has 0 radical (unpaired) electrons. The quantitative estimate of drug-likeness (QED) is 0.469. The number of hydrogen-bond acceptors (Lipinski definition) is 5. The van der Waals surface area contributed by atoms with Gasteiger partial charge < -0.3 is 14.2 Å². The molecule has 0 aromatic rings. The van der Waals surface area contributed by atoms with Crippen molar-refractivity contribution in [1.82, 2.24) is 0 Å². The highest BCUT2D eigenvalue weighted by molar-refractivity contribution is 8.22. The Hall–Kier alpha value is 0.160. The van der Waals surface area contributed by atoms with Crippen LogP contribution in [-0.2, 0) is 14.2 Å². The van der Waals surface area contributed by atoms with E-state index in [-0.39, 0.29) is 23.9 Å². The van der Waals surface area contributed by atoms with Crippen molar-refractivity contribution in [2.75, 3.05) is 12.4 Å². The molecule has 3 nitrogen and oxygen atoms in total. The summed E-state index contributed by atoms with van der Waals surface area (Å²) in [6.45, 7) is 11.3. The molecule has 1 aliphatic rings. The molecule has 1 heterocycles. The van der Waals surface area contributed by atoms with Crippen molar-refractivity contribution < 1.29 is 14.2 Å². The molecule has 0 spiro atoms. The molecule has 0 saturated carbocycles. The van der Waals surface area contributed by atoms with Crippen LogP contribution >= 0.6 is 24.0 Å².